The van der Waals surface area contributed by atoms with E-state index in [2.05, 4.69) is 26.6 Å². The number of methoxy groups -OCH3 is 3. The molecule has 23 heteroatoms. The van der Waals surface area contributed by atoms with E-state index >= 15 is 0 Å². The van der Waals surface area contributed by atoms with E-state index < -0.39 is 61.1 Å². The highest BCUT2D eigenvalue weighted by molar-refractivity contribution is 6.06. The fourth-order valence-electron chi connectivity index (χ4n) is 11.0. The number of benzene rings is 5. The third-order valence-corrected chi connectivity index (χ3v) is 15.6. The Hall–Kier alpha value is -9.35. The molecule has 440 valence electrons. The number of rotatable bonds is 22. The zero-order valence-corrected chi connectivity index (χ0v) is 46.8. The smallest absolute Gasteiger partial charge is 0.416 e. The van der Waals surface area contributed by atoms with Crippen molar-refractivity contribution in [2.24, 2.45) is 11.1 Å². The van der Waals surface area contributed by atoms with Crippen LogP contribution in [0.3, 0.4) is 0 Å². The number of fused-ring (bicyclic) bond motifs is 4. The van der Waals surface area contributed by atoms with Crippen LogP contribution < -0.4 is 60.9 Å². The Morgan fingerprint density at radius 2 is 1.45 bits per heavy atom. The van der Waals surface area contributed by atoms with Gasteiger partial charge in [-0.15, -0.1) is 0 Å². The van der Waals surface area contributed by atoms with E-state index in [1.807, 2.05) is 36.5 Å². The van der Waals surface area contributed by atoms with Gasteiger partial charge in [0, 0.05) is 50.0 Å². The summed E-state index contributed by atoms with van der Waals surface area (Å²) in [7, 11) is 4.58. The number of ether oxygens (including phenoxy) is 6. The Balaban J connectivity index is 0.763. The number of carbonyl (C=O) groups excluding carboxylic acids is 7. The molecule has 7 amide bonds. The minimum Gasteiger partial charge on any atom is -0.497 e. The molecule has 5 aromatic carbocycles. The van der Waals surface area contributed by atoms with E-state index in [0.717, 1.165) is 40.2 Å². The first-order chi connectivity index (χ1) is 40.7. The maximum Gasteiger partial charge on any atom is 0.416 e. The van der Waals surface area contributed by atoms with Crippen LogP contribution in [0.5, 0.6) is 28.7 Å². The Kier molecular flexibility index (Phi) is 17.5. The van der Waals surface area contributed by atoms with Crippen LogP contribution in [0.1, 0.15) is 69.5 Å². The maximum atomic E-state index is 14.4. The van der Waals surface area contributed by atoms with Crippen molar-refractivity contribution >= 4 is 64.2 Å². The molecule has 10 rings (SSSR count). The number of anilines is 3. The topological polar surface area (TPSA) is 291 Å². The molecular weight excluding hydrogens is 1080 g/mol. The summed E-state index contributed by atoms with van der Waals surface area (Å²) in [4.78, 5) is 97.7. The van der Waals surface area contributed by atoms with Crippen LogP contribution in [0.4, 0.5) is 21.9 Å². The standard InChI is InChI=1S/C61H67N9O14/c1-79-42-16-12-38(13-17-42)39-23-41-30-63-45-26-51(49(80-2)24-43(45)57(75)68(41)33-39)82-20-7-21-83-52-27-47-44(25-50(52)81-3)58(76)69-35-61(18-19-61)28-48(69)59(77)70(47)60(78)84-34-37-10-14-40(15-11-37)66-54(72)32-65-56(74)46(22-36-8-5-4-6-9-36)67-55(73)31-64-53(71)29-62/h4-6,8-17,24-27,33,41,46,48,59,63,77H,7,18-23,28-32,34-35,62H2,1-3H3,(H,64,71)(H,65,74)(H,66,72)(H,67,73)/t41-,46-,48-,59?/m0/s1. The molecule has 23 nitrogen and oxygen atoms in total. The van der Waals surface area contributed by atoms with E-state index in [9.17, 15) is 38.7 Å². The van der Waals surface area contributed by atoms with E-state index in [1.165, 1.54) is 26.4 Å². The van der Waals surface area contributed by atoms with Gasteiger partial charge in [0.1, 0.15) is 18.4 Å². The molecule has 0 bridgehead atoms. The molecule has 1 aliphatic carbocycles. The van der Waals surface area contributed by atoms with Gasteiger partial charge in [-0.05, 0) is 89.8 Å². The van der Waals surface area contributed by atoms with Crippen LogP contribution in [-0.4, -0.2) is 148 Å². The lowest BCUT2D eigenvalue weighted by Crippen LogP contribution is -2.51. The van der Waals surface area contributed by atoms with Gasteiger partial charge >= 0.3 is 6.09 Å². The lowest BCUT2D eigenvalue weighted by Gasteiger charge is -2.31. The third kappa shape index (κ3) is 13.0. The van der Waals surface area contributed by atoms with E-state index in [0.29, 0.717) is 66.4 Å². The summed E-state index contributed by atoms with van der Waals surface area (Å²) in [5.74, 6) is -0.875. The zero-order chi connectivity index (χ0) is 59.1. The number of aliphatic hydroxyl groups excluding tert-OH is 1. The Morgan fingerprint density at radius 1 is 0.762 bits per heavy atom. The highest BCUT2D eigenvalue weighted by atomic mass is 16.6. The average molecular weight is 1150 g/mol. The quantitative estimate of drug-likeness (QED) is 0.0467. The molecule has 4 aliphatic heterocycles. The molecule has 8 N–H and O–H groups in total. The molecule has 0 aromatic heterocycles. The average Bonchev–Trinajstić information content (AvgIpc) is 1.70. The van der Waals surface area contributed by atoms with Gasteiger partial charge in [-0.3, -0.25) is 28.8 Å². The Morgan fingerprint density at radius 3 is 2.13 bits per heavy atom. The van der Waals surface area contributed by atoms with Crippen molar-refractivity contribution in [2.45, 2.75) is 69.5 Å². The lowest BCUT2D eigenvalue weighted by molar-refractivity contribution is -0.130. The van der Waals surface area contributed by atoms with Crippen LogP contribution in [0.25, 0.3) is 5.57 Å². The fourth-order valence-corrected chi connectivity index (χ4v) is 11.0. The van der Waals surface area contributed by atoms with Crippen LogP contribution in [0.2, 0.25) is 0 Å². The van der Waals surface area contributed by atoms with Crippen molar-refractivity contribution in [3.8, 4) is 28.7 Å². The first kappa shape index (κ1) is 57.9. The van der Waals surface area contributed by atoms with Crippen molar-refractivity contribution in [1.82, 2.24) is 25.8 Å². The van der Waals surface area contributed by atoms with Gasteiger partial charge < -0.3 is 75.6 Å². The van der Waals surface area contributed by atoms with E-state index in [4.69, 9.17) is 34.2 Å². The second kappa shape index (κ2) is 25.4. The predicted octanol–water partition coefficient (Wildman–Crippen LogP) is 4.57. The summed E-state index contributed by atoms with van der Waals surface area (Å²) in [5, 5.41) is 25.8. The number of aliphatic hydroxyl groups is 1. The molecule has 1 saturated carbocycles. The summed E-state index contributed by atoms with van der Waals surface area (Å²) in [6.45, 7) is -0.140. The normalized spacial score (nSPS) is 18.2. The molecular formula is C61H67N9O14. The Bertz CT molecular complexity index is 3340. The minimum atomic E-state index is -1.48. The van der Waals surface area contributed by atoms with Gasteiger partial charge in [0.25, 0.3) is 11.8 Å². The predicted molar refractivity (Wildman–Crippen MR) is 308 cm³/mol. The molecule has 4 atom stereocenters. The monoisotopic (exact) mass is 1150 g/mol. The van der Waals surface area contributed by atoms with Crippen molar-refractivity contribution in [1.29, 1.82) is 0 Å². The molecule has 1 saturated heterocycles. The van der Waals surface area contributed by atoms with Crippen molar-refractivity contribution in [2.75, 3.05) is 82.8 Å². The first-order valence-electron chi connectivity index (χ1n) is 27.7. The number of nitrogens with zero attached hydrogens (tertiary/aromatic N) is 3. The van der Waals surface area contributed by atoms with Crippen LogP contribution in [-0.2, 0) is 36.9 Å². The maximum absolute atomic E-state index is 14.4. The van der Waals surface area contributed by atoms with Crippen LogP contribution >= 0.6 is 0 Å². The van der Waals surface area contributed by atoms with Crippen LogP contribution in [0, 0.1) is 5.41 Å². The van der Waals surface area contributed by atoms with Crippen molar-refractivity contribution in [3.05, 3.63) is 137 Å². The van der Waals surface area contributed by atoms with Gasteiger partial charge in [-0.1, -0.05) is 54.6 Å². The number of amides is 7. The minimum absolute atomic E-state index is 0.0726. The lowest BCUT2D eigenvalue weighted by atomic mass is 10.0. The van der Waals surface area contributed by atoms with Crippen molar-refractivity contribution < 1.29 is 67.1 Å². The summed E-state index contributed by atoms with van der Waals surface area (Å²) < 4.78 is 35.1. The van der Waals surface area contributed by atoms with Gasteiger partial charge in [0.15, 0.2) is 29.2 Å². The number of nitrogens with two attached hydrogens (primary N) is 1. The van der Waals surface area contributed by atoms with Gasteiger partial charge in [0.2, 0.25) is 23.6 Å². The molecule has 5 aliphatic rings. The molecule has 5 aromatic rings. The second-order valence-electron chi connectivity index (χ2n) is 21.2. The number of carbonyl (C=O) groups is 7. The summed E-state index contributed by atoms with van der Waals surface area (Å²) >= 11 is 0. The molecule has 1 spiro atoms. The van der Waals surface area contributed by atoms with Gasteiger partial charge in [-0.25, -0.2) is 9.69 Å². The zero-order valence-electron chi connectivity index (χ0n) is 46.8. The fraction of sp³-hybridized carbons (Fsp3) is 0.361. The molecule has 1 unspecified atom stereocenters. The second-order valence-corrected chi connectivity index (χ2v) is 21.2. The summed E-state index contributed by atoms with van der Waals surface area (Å²) in [6.07, 6.45) is 2.97. The summed E-state index contributed by atoms with van der Waals surface area (Å²) in [6, 6.07) is 27.7. The summed E-state index contributed by atoms with van der Waals surface area (Å²) in [5.41, 5.74) is 10.2. The molecule has 0 radical (unpaired) electrons. The Labute approximate surface area is 484 Å². The number of nitrogens with one attached hydrogen (secondary N) is 5. The van der Waals surface area contributed by atoms with E-state index in [-0.39, 0.29) is 78.8 Å². The van der Waals surface area contributed by atoms with Crippen LogP contribution in [0.15, 0.2) is 109 Å². The highest BCUT2D eigenvalue weighted by Crippen LogP contribution is 2.57. The molecule has 4 heterocycles. The SMILES string of the molecule is COc1ccc(C2=CN3C(=O)c4cc(OC)c(OCCCOc5cc6c(cc5OC)C(=O)N5CC7(CC7)C[C@H]5C(O)N6C(=O)OCc5ccc(NC(=O)CNC(=O)[C@H](Cc6ccccc6)NC(=O)CNC(=O)CN)cc5)cc4NC[C@@H]3C2)cc1. The number of hydrogen-bond donors (Lipinski definition) is 7. The van der Waals surface area contributed by atoms with Gasteiger partial charge in [-0.2, -0.15) is 0 Å². The number of hydrogen-bond acceptors (Lipinski definition) is 16. The van der Waals surface area contributed by atoms with Gasteiger partial charge in [0.05, 0.1) is 88.8 Å². The third-order valence-electron chi connectivity index (χ3n) is 15.6. The first-order valence-corrected chi connectivity index (χ1v) is 27.7. The van der Waals surface area contributed by atoms with Crippen molar-refractivity contribution in [3.63, 3.8) is 0 Å². The highest BCUT2D eigenvalue weighted by Gasteiger charge is 2.58. The molecule has 2 fully saturated rings. The van der Waals surface area contributed by atoms with E-state index in [1.54, 1.807) is 77.6 Å². The molecule has 84 heavy (non-hydrogen) atoms. The largest absolute Gasteiger partial charge is 0.497 e.